The van der Waals surface area contributed by atoms with E-state index in [4.69, 9.17) is 22.1 Å². The van der Waals surface area contributed by atoms with E-state index in [0.29, 0.717) is 13.0 Å². The van der Waals surface area contributed by atoms with E-state index in [-0.39, 0.29) is 16.4 Å². The number of nitrogens with zero attached hydrogens (tertiary/aromatic N) is 1. The molecule has 1 rings (SSSR count). The highest BCUT2D eigenvalue weighted by Gasteiger charge is 2.16. The topological polar surface area (TPSA) is 107 Å². The summed E-state index contributed by atoms with van der Waals surface area (Å²) in [5, 5.41) is 13.1. The summed E-state index contributed by atoms with van der Waals surface area (Å²) >= 11 is 5.84. The number of nitrogens with one attached hydrogen (secondary N) is 1. The number of benzene rings is 1. The second-order valence-electron chi connectivity index (χ2n) is 3.80. The van der Waals surface area contributed by atoms with Crippen LogP contribution in [0.4, 0.5) is 11.4 Å². The minimum atomic E-state index is -0.730. The quantitative estimate of drug-likeness (QED) is 0.609. The average Bonchev–Trinajstić information content (AvgIpc) is 2.37. The first-order chi connectivity index (χ1) is 8.95. The van der Waals surface area contributed by atoms with Crippen LogP contribution >= 0.6 is 11.6 Å². The highest BCUT2D eigenvalue weighted by molar-refractivity contribution is 6.34. The van der Waals surface area contributed by atoms with Crippen molar-refractivity contribution in [2.75, 3.05) is 19.0 Å². The van der Waals surface area contributed by atoms with Gasteiger partial charge in [-0.05, 0) is 12.5 Å². The van der Waals surface area contributed by atoms with Crippen LogP contribution in [-0.4, -0.2) is 30.6 Å². The Hall–Kier alpha value is -1.70. The summed E-state index contributed by atoms with van der Waals surface area (Å²) in [6, 6.07) is 3.05. The van der Waals surface area contributed by atoms with Gasteiger partial charge in [0.05, 0.1) is 21.7 Å². The fourth-order valence-electron chi connectivity index (χ4n) is 1.32. The van der Waals surface area contributed by atoms with Gasteiger partial charge in [-0.2, -0.15) is 0 Å². The predicted molar refractivity (Wildman–Crippen MR) is 71.2 cm³/mol. The highest BCUT2D eigenvalue weighted by Crippen LogP contribution is 2.26. The van der Waals surface area contributed by atoms with Gasteiger partial charge in [0.15, 0.2) is 0 Å². The molecule has 1 aromatic rings. The molecule has 1 aromatic carbocycles. The van der Waals surface area contributed by atoms with Gasteiger partial charge >= 0.3 is 0 Å². The van der Waals surface area contributed by atoms with E-state index in [9.17, 15) is 14.9 Å². The zero-order valence-corrected chi connectivity index (χ0v) is 11.0. The van der Waals surface area contributed by atoms with E-state index < -0.39 is 16.9 Å². The Kier molecular flexibility index (Phi) is 5.68. The van der Waals surface area contributed by atoms with Crippen molar-refractivity contribution in [3.05, 3.63) is 33.3 Å². The number of hydrogen-bond donors (Lipinski definition) is 2. The van der Waals surface area contributed by atoms with Gasteiger partial charge in [-0.1, -0.05) is 11.6 Å². The van der Waals surface area contributed by atoms with Crippen molar-refractivity contribution in [3.8, 4) is 0 Å². The molecule has 0 aliphatic heterocycles. The van der Waals surface area contributed by atoms with Crippen LogP contribution < -0.4 is 11.1 Å². The number of non-ortho nitro benzene ring substituents is 1. The van der Waals surface area contributed by atoms with Crippen LogP contribution in [0.1, 0.15) is 6.42 Å². The smallest absolute Gasteiger partial charge is 0.271 e. The van der Waals surface area contributed by atoms with Crippen molar-refractivity contribution in [3.63, 3.8) is 0 Å². The Labute approximate surface area is 114 Å². The summed E-state index contributed by atoms with van der Waals surface area (Å²) in [5.41, 5.74) is 5.77. The van der Waals surface area contributed by atoms with Crippen molar-refractivity contribution in [1.82, 2.24) is 0 Å². The molecule has 8 heteroatoms. The monoisotopic (exact) mass is 287 g/mol. The summed E-state index contributed by atoms with van der Waals surface area (Å²) < 4.78 is 4.82. The molecule has 1 amide bonds. The Morgan fingerprint density at radius 3 is 2.84 bits per heavy atom. The van der Waals surface area contributed by atoms with Crippen LogP contribution in [0.2, 0.25) is 5.02 Å². The lowest BCUT2D eigenvalue weighted by atomic mass is 10.2. The lowest BCUT2D eigenvalue weighted by Crippen LogP contribution is -2.36. The van der Waals surface area contributed by atoms with E-state index in [1.807, 2.05) is 0 Å². The normalized spacial score (nSPS) is 11.9. The van der Waals surface area contributed by atoms with Crippen LogP contribution in [0.5, 0.6) is 0 Å². The first-order valence-corrected chi connectivity index (χ1v) is 5.83. The van der Waals surface area contributed by atoms with Crippen molar-refractivity contribution < 1.29 is 14.5 Å². The van der Waals surface area contributed by atoms with E-state index in [1.165, 1.54) is 19.2 Å². The Morgan fingerprint density at radius 1 is 1.63 bits per heavy atom. The number of ether oxygens (including phenoxy) is 1. The summed E-state index contributed by atoms with van der Waals surface area (Å²) in [5.74, 6) is -0.423. The standard InChI is InChI=1S/C11H14ClN3O4/c1-19-5-4-9(13)11(16)14-10-3-2-7(15(17)18)6-8(10)12/h2-3,6,9H,4-5,13H2,1H3,(H,14,16). The molecule has 0 heterocycles. The molecule has 0 aliphatic rings. The minimum absolute atomic E-state index is 0.0847. The van der Waals surface area contributed by atoms with E-state index in [0.717, 1.165) is 6.07 Å². The van der Waals surface area contributed by atoms with Gasteiger partial charge in [0.1, 0.15) is 0 Å². The maximum absolute atomic E-state index is 11.7. The molecule has 19 heavy (non-hydrogen) atoms. The Balaban J connectivity index is 2.72. The predicted octanol–water partition coefficient (Wildman–Crippen LogP) is 1.55. The first kappa shape index (κ1) is 15.4. The van der Waals surface area contributed by atoms with Crippen molar-refractivity contribution in [1.29, 1.82) is 0 Å². The number of nitro benzene ring substituents is 1. The summed E-state index contributed by atoms with van der Waals surface area (Å²) in [6.45, 7) is 0.364. The molecular weight excluding hydrogens is 274 g/mol. The number of anilines is 1. The number of amides is 1. The van der Waals surface area contributed by atoms with Crippen molar-refractivity contribution in [2.24, 2.45) is 5.73 Å². The van der Waals surface area contributed by atoms with Crippen molar-refractivity contribution in [2.45, 2.75) is 12.5 Å². The fourth-order valence-corrected chi connectivity index (χ4v) is 1.54. The van der Waals surface area contributed by atoms with Gasteiger partial charge in [-0.3, -0.25) is 14.9 Å². The van der Waals surface area contributed by atoms with Gasteiger partial charge in [-0.15, -0.1) is 0 Å². The summed E-state index contributed by atoms with van der Waals surface area (Å²) in [4.78, 5) is 21.7. The molecule has 1 atom stereocenters. The summed E-state index contributed by atoms with van der Waals surface area (Å²) in [7, 11) is 1.51. The average molecular weight is 288 g/mol. The number of nitro groups is 1. The van der Waals surface area contributed by atoms with E-state index >= 15 is 0 Å². The molecule has 0 aliphatic carbocycles. The number of halogens is 1. The van der Waals surface area contributed by atoms with Crippen molar-refractivity contribution >= 4 is 28.9 Å². The third-order valence-electron chi connectivity index (χ3n) is 2.39. The molecule has 0 aromatic heterocycles. The molecular formula is C11H14ClN3O4. The fraction of sp³-hybridized carbons (Fsp3) is 0.364. The van der Waals surface area contributed by atoms with Gasteiger partial charge in [-0.25, -0.2) is 0 Å². The van der Waals surface area contributed by atoms with Crippen LogP contribution in [0, 0.1) is 10.1 Å². The highest BCUT2D eigenvalue weighted by atomic mass is 35.5. The summed E-state index contributed by atoms with van der Waals surface area (Å²) in [6.07, 6.45) is 0.368. The van der Waals surface area contributed by atoms with Gasteiger partial charge in [0.25, 0.3) is 5.69 Å². The Morgan fingerprint density at radius 2 is 2.32 bits per heavy atom. The SMILES string of the molecule is COCCC(N)C(=O)Nc1ccc([N+](=O)[O-])cc1Cl. The molecule has 0 fully saturated rings. The van der Waals surface area contributed by atoms with E-state index in [2.05, 4.69) is 5.32 Å². The van der Waals surface area contributed by atoms with Gasteiger partial charge in [0, 0.05) is 25.8 Å². The second kappa shape index (κ2) is 7.03. The lowest BCUT2D eigenvalue weighted by molar-refractivity contribution is -0.384. The molecule has 104 valence electrons. The first-order valence-electron chi connectivity index (χ1n) is 5.45. The zero-order chi connectivity index (χ0) is 14.4. The minimum Gasteiger partial charge on any atom is -0.385 e. The van der Waals surface area contributed by atoms with E-state index in [1.54, 1.807) is 0 Å². The number of nitrogens with two attached hydrogens (primary N) is 1. The number of methoxy groups -OCH3 is 1. The number of hydrogen-bond acceptors (Lipinski definition) is 5. The largest absolute Gasteiger partial charge is 0.385 e. The van der Waals surface area contributed by atoms with Crippen LogP contribution in [0.15, 0.2) is 18.2 Å². The maximum atomic E-state index is 11.7. The van der Waals surface area contributed by atoms with Crippen LogP contribution in [-0.2, 0) is 9.53 Å². The number of carbonyl (C=O) groups is 1. The molecule has 0 bridgehead atoms. The zero-order valence-electron chi connectivity index (χ0n) is 10.3. The van der Waals surface area contributed by atoms with Gasteiger partial charge in [0.2, 0.25) is 5.91 Å². The number of carbonyl (C=O) groups excluding carboxylic acids is 1. The number of rotatable bonds is 6. The molecule has 1 unspecified atom stereocenters. The third kappa shape index (κ3) is 4.47. The Bertz CT molecular complexity index is 481. The molecule has 0 spiro atoms. The third-order valence-corrected chi connectivity index (χ3v) is 2.70. The molecule has 0 saturated heterocycles. The maximum Gasteiger partial charge on any atom is 0.271 e. The second-order valence-corrected chi connectivity index (χ2v) is 4.21. The molecule has 3 N–H and O–H groups in total. The molecule has 0 saturated carbocycles. The molecule has 0 radical (unpaired) electrons. The molecule has 7 nitrogen and oxygen atoms in total. The van der Waals surface area contributed by atoms with Crippen LogP contribution in [0.3, 0.4) is 0 Å². The van der Waals surface area contributed by atoms with Crippen LogP contribution in [0.25, 0.3) is 0 Å². The lowest BCUT2D eigenvalue weighted by Gasteiger charge is -2.12. The van der Waals surface area contributed by atoms with Gasteiger partial charge < -0.3 is 15.8 Å².